The number of ether oxygens (including phenoxy) is 2. The molecule has 0 saturated carbocycles. The number of H-pyrrole nitrogens is 2. The van der Waals surface area contributed by atoms with E-state index in [0.717, 1.165) is 67.1 Å². The predicted octanol–water partition coefficient (Wildman–Crippen LogP) is 6.49. The fourth-order valence-corrected chi connectivity index (χ4v) is 11.0. The van der Waals surface area contributed by atoms with E-state index in [0.29, 0.717) is 12.8 Å². The molecule has 0 unspecified atom stereocenters. The first kappa shape index (κ1) is 37.3. The molecule has 274 valence electrons. The topological polar surface area (TPSA) is 110 Å². The van der Waals surface area contributed by atoms with Crippen LogP contribution in [0.3, 0.4) is 0 Å². The van der Waals surface area contributed by atoms with Crippen molar-refractivity contribution in [2.45, 2.75) is 53.4 Å². The van der Waals surface area contributed by atoms with Crippen molar-refractivity contribution in [3.05, 3.63) is 124 Å². The Bertz CT molecular complexity index is 2500. The molecule has 8 bridgehead atoms. The summed E-state index contributed by atoms with van der Waals surface area (Å²) >= 11 is 0.0389. The number of fused-ring (bicyclic) bond motifs is 8. The van der Waals surface area contributed by atoms with Crippen LogP contribution in [-0.4, -0.2) is 76.0 Å². The molecule has 0 spiro atoms. The monoisotopic (exact) mass is 850 g/mol. The van der Waals surface area contributed by atoms with Crippen molar-refractivity contribution in [2.75, 3.05) is 14.2 Å². The molecule has 2 aromatic carbocycles. The third kappa shape index (κ3) is 7.80. The third-order valence-corrected chi connectivity index (χ3v) is 15.1. The van der Waals surface area contributed by atoms with Crippen LogP contribution < -0.4 is 13.4 Å². The van der Waals surface area contributed by atoms with Gasteiger partial charge < -0.3 is 0 Å². The molecule has 0 saturated heterocycles. The number of methoxy groups -OCH3 is 2. The van der Waals surface area contributed by atoms with E-state index in [1.807, 2.05) is 0 Å². The summed E-state index contributed by atoms with van der Waals surface area (Å²) in [5.41, 5.74) is 13.7. The molecule has 5 heterocycles. The first-order chi connectivity index (χ1) is 26.1. The molecule has 2 aliphatic rings. The Morgan fingerprint density at radius 1 is 0.593 bits per heavy atom. The zero-order chi connectivity index (χ0) is 37.9. The van der Waals surface area contributed by atoms with Gasteiger partial charge in [-0.1, -0.05) is 0 Å². The van der Waals surface area contributed by atoms with Crippen molar-refractivity contribution in [3.8, 4) is 0 Å². The number of allylic oxidation sites excluding steroid dienone is 3. The van der Waals surface area contributed by atoms with Gasteiger partial charge in [0.05, 0.1) is 0 Å². The number of nitrogens with zero attached hydrogens (tertiary/aromatic N) is 2. The summed E-state index contributed by atoms with van der Waals surface area (Å²) in [7, 11) is 2.84. The number of hydrogen-bond acceptors (Lipinski definition) is 6. The van der Waals surface area contributed by atoms with Gasteiger partial charge in [0.15, 0.2) is 0 Å². The van der Waals surface area contributed by atoms with Crippen LogP contribution in [0.2, 0.25) is 0 Å². The summed E-state index contributed by atoms with van der Waals surface area (Å²) in [4.78, 5) is 42.8. The van der Waals surface area contributed by atoms with Crippen LogP contribution in [-0.2, 0) is 25.5 Å². The number of rotatable bonds is 10. The van der Waals surface area contributed by atoms with E-state index in [2.05, 4.69) is 123 Å². The second-order valence-electron chi connectivity index (χ2n) is 13.3. The van der Waals surface area contributed by atoms with Crippen molar-refractivity contribution >= 4 is 98.5 Å². The molecule has 2 N–H and O–H groups in total. The molecule has 8 nitrogen and oxygen atoms in total. The van der Waals surface area contributed by atoms with E-state index < -0.39 is 0 Å². The van der Waals surface area contributed by atoms with Crippen LogP contribution in [0.15, 0.2) is 84.9 Å². The van der Waals surface area contributed by atoms with Crippen LogP contribution in [0, 0.1) is 13.8 Å². The van der Waals surface area contributed by atoms with Crippen molar-refractivity contribution in [1.29, 1.82) is 0 Å². The molecule has 0 fully saturated rings. The van der Waals surface area contributed by atoms with E-state index in [4.69, 9.17) is 19.4 Å². The number of carbonyl (C=O) groups is 2. The van der Waals surface area contributed by atoms with Gasteiger partial charge in [-0.2, -0.15) is 0 Å². The fraction of sp³-hybridized carbons (Fsp3) is 0.227. The Labute approximate surface area is 327 Å². The number of carbonyl (C=O) groups excluding carboxylic acids is 2. The van der Waals surface area contributed by atoms with Crippen LogP contribution in [0.1, 0.15) is 72.6 Å². The van der Waals surface area contributed by atoms with Crippen molar-refractivity contribution in [3.63, 3.8) is 0 Å². The fourth-order valence-electron chi connectivity index (χ4n) is 6.83. The van der Waals surface area contributed by atoms with Crippen LogP contribution in [0.5, 0.6) is 0 Å². The minimum absolute atomic E-state index is 0.00509. The summed E-state index contributed by atoms with van der Waals surface area (Å²) < 4.78 is 15.1. The number of benzene rings is 2. The maximum absolute atomic E-state index is 12.4. The van der Waals surface area contributed by atoms with E-state index >= 15 is 0 Å². The quantitative estimate of drug-likeness (QED) is 0.123. The first-order valence-electron chi connectivity index (χ1n) is 17.9. The Hall–Kier alpha value is -4.98. The molecule has 0 amide bonds. The summed E-state index contributed by atoms with van der Waals surface area (Å²) in [5, 5.41) is 0. The third-order valence-electron chi connectivity index (χ3n) is 9.96. The number of nitrogens with one attached hydrogen (secondary N) is 2. The second-order valence-corrected chi connectivity index (χ2v) is 17.9. The summed E-state index contributed by atoms with van der Waals surface area (Å²) in [6, 6.07) is 29.8. The van der Waals surface area contributed by atoms with Gasteiger partial charge in [0.25, 0.3) is 0 Å². The molecule has 5 aromatic rings. The molecule has 10 heteroatoms. The van der Waals surface area contributed by atoms with Crippen molar-refractivity contribution in [2.24, 2.45) is 0 Å². The van der Waals surface area contributed by atoms with Gasteiger partial charge in [-0.25, -0.2) is 0 Å². The molecule has 7 rings (SSSR count). The number of aromatic amines is 2. The number of aryl methyl sites for hydroxylation is 3. The van der Waals surface area contributed by atoms with Gasteiger partial charge in [0.2, 0.25) is 0 Å². The predicted molar refractivity (Wildman–Crippen MR) is 220 cm³/mol. The average molecular weight is 849 g/mol. The van der Waals surface area contributed by atoms with Crippen LogP contribution in [0.25, 0.3) is 43.3 Å². The maximum atomic E-state index is 12.4. The number of hydrogen-bond donors (Lipinski definition) is 2. The standard InChI is InChI=1S/C44H42N4O4Se2/c1-25-31(17-19-41(49)51-5)37-24-38-32(18-20-42(50)52-6)26(2)34(46-38)22-39-44(54-30-15-11-8-12-16-30)28(4)36(48-39)23-40-43(53-29-13-9-7-10-14-29)27(3)35(47-40)21-33(25)45-37/h7-16,21-24,46-47H,17-20H2,1-6H3. The normalized spacial score (nSPS) is 12.7. The molecular weight excluding hydrogens is 806 g/mol. The zero-order valence-electron chi connectivity index (χ0n) is 31.3. The number of aromatic nitrogens is 4. The molecular formula is C44H42N4O4Se2. The Morgan fingerprint density at radius 3 is 1.78 bits per heavy atom. The summed E-state index contributed by atoms with van der Waals surface area (Å²) in [6.07, 6.45) is 1.46. The van der Waals surface area contributed by atoms with Gasteiger partial charge in [-0.15, -0.1) is 0 Å². The van der Waals surface area contributed by atoms with E-state index in [-0.39, 0.29) is 54.7 Å². The molecule has 2 aliphatic heterocycles. The Balaban J connectivity index is 1.55. The second kappa shape index (κ2) is 16.2. The molecule has 0 atom stereocenters. The van der Waals surface area contributed by atoms with E-state index in [1.165, 1.54) is 43.2 Å². The van der Waals surface area contributed by atoms with Crippen LogP contribution in [0.4, 0.5) is 0 Å². The molecule has 0 radical (unpaired) electrons. The molecule has 3 aromatic heterocycles. The SMILES string of the molecule is COC(=O)CCC1=C(C)c2cc3[nH]c(cc4nc(cc5[nH]c(cc1n2)c(CCC(=O)OC)c5C)C([Se]c1ccccc1)=C4C)c([Se]c1ccccc1)c3C. The van der Waals surface area contributed by atoms with Gasteiger partial charge in [0, 0.05) is 0 Å². The first-order valence-corrected chi connectivity index (χ1v) is 21.3. The van der Waals surface area contributed by atoms with Crippen molar-refractivity contribution < 1.29 is 19.1 Å². The molecule has 54 heavy (non-hydrogen) atoms. The van der Waals surface area contributed by atoms with Gasteiger partial charge in [-0.3, -0.25) is 0 Å². The Morgan fingerprint density at radius 2 is 1.11 bits per heavy atom. The Kier molecular flexibility index (Phi) is 11.2. The van der Waals surface area contributed by atoms with E-state index in [1.54, 1.807) is 0 Å². The number of esters is 2. The van der Waals surface area contributed by atoms with Gasteiger partial charge >= 0.3 is 329 Å². The minimum atomic E-state index is -0.269. The van der Waals surface area contributed by atoms with Crippen LogP contribution >= 0.6 is 0 Å². The zero-order valence-corrected chi connectivity index (χ0v) is 34.7. The summed E-state index contributed by atoms with van der Waals surface area (Å²) in [5.74, 6) is -0.534. The van der Waals surface area contributed by atoms with Gasteiger partial charge in [0.1, 0.15) is 0 Å². The van der Waals surface area contributed by atoms with Crippen molar-refractivity contribution in [1.82, 2.24) is 19.9 Å². The van der Waals surface area contributed by atoms with Gasteiger partial charge in [-0.05, 0) is 0 Å². The summed E-state index contributed by atoms with van der Waals surface area (Å²) in [6.45, 7) is 8.53. The average Bonchev–Trinajstić information content (AvgIpc) is 3.84. The van der Waals surface area contributed by atoms with E-state index in [9.17, 15) is 9.59 Å². The molecule has 0 aliphatic carbocycles.